The van der Waals surface area contributed by atoms with Gasteiger partial charge in [-0.05, 0) is 37.6 Å². The minimum atomic E-state index is 0.322. The van der Waals surface area contributed by atoms with Gasteiger partial charge in [0.25, 0.3) is 0 Å². The highest BCUT2D eigenvalue weighted by Gasteiger charge is 1.93. The predicted molar refractivity (Wildman–Crippen MR) is 95.8 cm³/mol. The van der Waals surface area contributed by atoms with Gasteiger partial charge in [0.2, 0.25) is 0 Å². The van der Waals surface area contributed by atoms with Crippen molar-refractivity contribution in [3.8, 4) is 5.75 Å². The molecule has 0 fully saturated rings. The van der Waals surface area contributed by atoms with E-state index in [0.717, 1.165) is 13.0 Å². The standard InChI is InChI=1S/C10H15NS.C6H6O.C2H6/c1-11(12)9-5-8-10-6-3-2-4-7-10;7-6-4-2-1-3-5-6;1-2/h2-4,6-7,12H,5,8-9H2,1H3;1-5,7H;1-2H3. The van der Waals surface area contributed by atoms with Crippen molar-refractivity contribution >= 4 is 12.8 Å². The maximum atomic E-state index is 8.63. The molecule has 0 bridgehead atoms. The van der Waals surface area contributed by atoms with Crippen molar-refractivity contribution in [1.82, 2.24) is 4.31 Å². The second-order valence-corrected chi connectivity index (χ2v) is 4.99. The van der Waals surface area contributed by atoms with Crippen LogP contribution in [-0.4, -0.2) is 23.0 Å². The molecule has 0 aliphatic heterocycles. The van der Waals surface area contributed by atoms with E-state index in [2.05, 4.69) is 37.1 Å². The topological polar surface area (TPSA) is 23.5 Å². The largest absolute Gasteiger partial charge is 0.508 e. The summed E-state index contributed by atoms with van der Waals surface area (Å²) in [6, 6.07) is 19.3. The van der Waals surface area contributed by atoms with Crippen LogP contribution in [0.5, 0.6) is 5.75 Å². The summed E-state index contributed by atoms with van der Waals surface area (Å²) < 4.78 is 1.92. The van der Waals surface area contributed by atoms with Crippen LogP contribution in [0.1, 0.15) is 25.8 Å². The Labute approximate surface area is 135 Å². The molecule has 2 rings (SSSR count). The summed E-state index contributed by atoms with van der Waals surface area (Å²) in [6.45, 7) is 5.04. The lowest BCUT2D eigenvalue weighted by Gasteiger charge is -2.07. The lowest BCUT2D eigenvalue weighted by molar-refractivity contribution is 0.475. The van der Waals surface area contributed by atoms with E-state index in [1.165, 1.54) is 12.0 Å². The quantitative estimate of drug-likeness (QED) is 0.792. The van der Waals surface area contributed by atoms with Crippen LogP contribution in [0.2, 0.25) is 0 Å². The number of para-hydroxylation sites is 1. The molecule has 0 unspecified atom stereocenters. The fourth-order valence-electron chi connectivity index (χ4n) is 1.58. The van der Waals surface area contributed by atoms with E-state index in [-0.39, 0.29) is 0 Å². The van der Waals surface area contributed by atoms with Crippen LogP contribution in [0.15, 0.2) is 60.7 Å². The first-order valence-electron chi connectivity index (χ1n) is 7.36. The number of rotatable bonds is 4. The number of hydrogen-bond donors (Lipinski definition) is 2. The summed E-state index contributed by atoms with van der Waals surface area (Å²) in [5.41, 5.74) is 1.41. The lowest BCUT2D eigenvalue weighted by Crippen LogP contribution is -2.07. The van der Waals surface area contributed by atoms with Gasteiger partial charge in [0.15, 0.2) is 0 Å². The highest BCUT2D eigenvalue weighted by atomic mass is 32.1. The third-order valence-electron chi connectivity index (χ3n) is 2.55. The number of aromatic hydroxyl groups is 1. The molecule has 1 N–H and O–H groups in total. The van der Waals surface area contributed by atoms with E-state index < -0.39 is 0 Å². The predicted octanol–water partition coefficient (Wildman–Crippen LogP) is 4.81. The Bertz CT molecular complexity index is 431. The van der Waals surface area contributed by atoms with Gasteiger partial charge in [0.05, 0.1) is 0 Å². The molecule has 0 aromatic heterocycles. The summed E-state index contributed by atoms with van der Waals surface area (Å²) >= 11 is 4.18. The molecule has 0 saturated carbocycles. The number of phenols is 1. The van der Waals surface area contributed by atoms with Crippen molar-refractivity contribution < 1.29 is 5.11 Å². The van der Waals surface area contributed by atoms with Crippen LogP contribution in [0.25, 0.3) is 0 Å². The second kappa shape index (κ2) is 13.5. The molecule has 3 heteroatoms. The number of nitrogens with zero attached hydrogens (tertiary/aromatic N) is 1. The van der Waals surface area contributed by atoms with Gasteiger partial charge >= 0.3 is 0 Å². The van der Waals surface area contributed by atoms with E-state index in [4.69, 9.17) is 5.11 Å². The van der Waals surface area contributed by atoms with Crippen molar-refractivity contribution in [1.29, 1.82) is 0 Å². The number of aryl methyl sites for hydroxylation is 1. The van der Waals surface area contributed by atoms with Gasteiger partial charge in [-0.25, -0.2) is 0 Å². The molecule has 0 spiro atoms. The molecule has 2 aromatic rings. The fraction of sp³-hybridized carbons (Fsp3) is 0.333. The molecule has 116 valence electrons. The summed E-state index contributed by atoms with van der Waals surface area (Å²) in [6.07, 6.45) is 2.32. The van der Waals surface area contributed by atoms with Crippen LogP contribution in [-0.2, 0) is 6.42 Å². The third kappa shape index (κ3) is 12.0. The van der Waals surface area contributed by atoms with Crippen molar-refractivity contribution in [3.63, 3.8) is 0 Å². The van der Waals surface area contributed by atoms with Crippen LogP contribution < -0.4 is 0 Å². The monoisotopic (exact) mass is 305 g/mol. The van der Waals surface area contributed by atoms with E-state index in [9.17, 15) is 0 Å². The summed E-state index contributed by atoms with van der Waals surface area (Å²) in [5.74, 6) is 0.322. The van der Waals surface area contributed by atoms with Gasteiger partial charge in [-0.3, -0.25) is 4.31 Å². The maximum Gasteiger partial charge on any atom is 0.115 e. The van der Waals surface area contributed by atoms with Crippen molar-refractivity contribution in [2.75, 3.05) is 13.6 Å². The van der Waals surface area contributed by atoms with Crippen LogP contribution >= 0.6 is 12.8 Å². The second-order valence-electron chi connectivity index (χ2n) is 4.31. The first-order valence-corrected chi connectivity index (χ1v) is 7.76. The average Bonchev–Trinajstić information content (AvgIpc) is 2.51. The number of benzene rings is 2. The van der Waals surface area contributed by atoms with Crippen molar-refractivity contribution in [2.45, 2.75) is 26.7 Å². The molecule has 2 aromatic carbocycles. The maximum absolute atomic E-state index is 8.63. The molecule has 0 aliphatic carbocycles. The molecule has 0 radical (unpaired) electrons. The molecule has 0 saturated heterocycles. The minimum Gasteiger partial charge on any atom is -0.508 e. The average molecular weight is 305 g/mol. The molecule has 0 aliphatic rings. The van der Waals surface area contributed by atoms with Gasteiger partial charge in [0, 0.05) is 6.54 Å². The summed E-state index contributed by atoms with van der Waals surface area (Å²) in [7, 11) is 1.98. The van der Waals surface area contributed by atoms with Crippen LogP contribution in [0.3, 0.4) is 0 Å². The van der Waals surface area contributed by atoms with Gasteiger partial charge in [-0.15, -0.1) is 0 Å². The Balaban J connectivity index is 0.000000377. The van der Waals surface area contributed by atoms with Crippen LogP contribution in [0.4, 0.5) is 0 Å². The minimum absolute atomic E-state index is 0.322. The normalized spacial score (nSPS) is 9.19. The zero-order valence-electron chi connectivity index (χ0n) is 13.2. The highest BCUT2D eigenvalue weighted by molar-refractivity contribution is 7.77. The first-order chi connectivity index (χ1) is 10.2. The zero-order valence-corrected chi connectivity index (χ0v) is 14.1. The van der Waals surface area contributed by atoms with E-state index in [1.54, 1.807) is 24.3 Å². The summed E-state index contributed by atoms with van der Waals surface area (Å²) in [4.78, 5) is 0. The van der Waals surface area contributed by atoms with Crippen molar-refractivity contribution in [3.05, 3.63) is 66.2 Å². The van der Waals surface area contributed by atoms with E-state index in [1.807, 2.05) is 37.3 Å². The van der Waals surface area contributed by atoms with Gasteiger partial charge < -0.3 is 5.11 Å². The molecule has 0 amide bonds. The number of hydrogen-bond acceptors (Lipinski definition) is 3. The van der Waals surface area contributed by atoms with Crippen LogP contribution in [0, 0.1) is 0 Å². The van der Waals surface area contributed by atoms with Gasteiger partial charge in [0.1, 0.15) is 5.75 Å². The first kappa shape index (κ1) is 19.6. The number of phenolic OH excluding ortho intramolecular Hbond substituents is 1. The Kier molecular flexibility index (Phi) is 12.6. The molecule has 2 nitrogen and oxygen atoms in total. The summed E-state index contributed by atoms with van der Waals surface area (Å²) in [5, 5.41) is 8.63. The SMILES string of the molecule is CC.CN(S)CCCc1ccccc1.Oc1ccccc1. The zero-order chi connectivity index (χ0) is 15.9. The number of thiol groups is 1. The Hall–Kier alpha value is -1.45. The van der Waals surface area contributed by atoms with E-state index >= 15 is 0 Å². The molecule has 0 heterocycles. The van der Waals surface area contributed by atoms with Gasteiger partial charge in [-0.2, -0.15) is 0 Å². The molecular weight excluding hydrogens is 278 g/mol. The third-order valence-corrected chi connectivity index (χ3v) is 2.75. The lowest BCUT2D eigenvalue weighted by atomic mass is 10.1. The molecule has 0 atom stereocenters. The Morgan fingerprint density at radius 1 is 0.905 bits per heavy atom. The smallest absolute Gasteiger partial charge is 0.115 e. The fourth-order valence-corrected chi connectivity index (χ4v) is 1.73. The van der Waals surface area contributed by atoms with Crippen molar-refractivity contribution in [2.24, 2.45) is 0 Å². The van der Waals surface area contributed by atoms with Gasteiger partial charge in [-0.1, -0.05) is 75.2 Å². The Morgan fingerprint density at radius 3 is 1.76 bits per heavy atom. The Morgan fingerprint density at radius 2 is 1.38 bits per heavy atom. The highest BCUT2D eigenvalue weighted by Crippen LogP contribution is 2.03. The van der Waals surface area contributed by atoms with E-state index in [0.29, 0.717) is 5.75 Å². The molecule has 21 heavy (non-hydrogen) atoms. The molecular formula is C18H27NOS.